The predicted molar refractivity (Wildman–Crippen MR) is 126 cm³/mol. The van der Waals surface area contributed by atoms with E-state index in [0.29, 0.717) is 37.7 Å². The number of thiocarbonyl (C=S) groups is 1. The molecule has 0 saturated carbocycles. The predicted octanol–water partition coefficient (Wildman–Crippen LogP) is 4.01. The van der Waals surface area contributed by atoms with Crippen LogP contribution in [0.25, 0.3) is 0 Å². The van der Waals surface area contributed by atoms with Crippen LogP contribution in [-0.2, 0) is 6.54 Å². The zero-order valence-electron chi connectivity index (χ0n) is 18.2. The minimum absolute atomic E-state index is 0.00748. The first kappa shape index (κ1) is 24.0. The van der Waals surface area contributed by atoms with Crippen molar-refractivity contribution in [2.24, 2.45) is 16.8 Å². The van der Waals surface area contributed by atoms with Gasteiger partial charge in [0, 0.05) is 49.4 Å². The summed E-state index contributed by atoms with van der Waals surface area (Å²) in [4.78, 5) is 4.09. The Morgan fingerprint density at radius 1 is 1.19 bits per heavy atom. The van der Waals surface area contributed by atoms with Gasteiger partial charge in [0.15, 0.2) is 5.11 Å². The molecule has 2 aromatic carbocycles. The van der Waals surface area contributed by atoms with Gasteiger partial charge in [0.25, 0.3) is 0 Å². The van der Waals surface area contributed by atoms with E-state index in [1.807, 2.05) is 11.0 Å². The van der Waals surface area contributed by atoms with Crippen LogP contribution < -0.4 is 16.1 Å². The summed E-state index contributed by atoms with van der Waals surface area (Å²) in [5.74, 6) is -0.948. The average molecular weight is 464 g/mol. The highest BCUT2D eigenvalue weighted by atomic mass is 32.1. The number of nitrogens with two attached hydrogens (primary N) is 1. The van der Waals surface area contributed by atoms with Crippen LogP contribution >= 0.6 is 12.2 Å². The number of nitrogens with zero attached hydrogens (tertiary/aromatic N) is 3. The minimum atomic E-state index is -0.593. The van der Waals surface area contributed by atoms with Gasteiger partial charge < -0.3 is 10.6 Å². The molecule has 9 heteroatoms. The van der Waals surface area contributed by atoms with Crippen molar-refractivity contribution in [1.29, 1.82) is 0 Å². The SMILES string of the molecule is CC(C)C[C@H]1CN(c2cc(F)c(/C=N/NC(N)=S)cc2F)CCN1Cc1ccccc1F. The maximum atomic E-state index is 14.9. The van der Waals surface area contributed by atoms with E-state index >= 15 is 0 Å². The number of piperazine rings is 1. The third kappa shape index (κ3) is 6.20. The fourth-order valence-electron chi connectivity index (χ4n) is 3.99. The first-order chi connectivity index (χ1) is 15.2. The number of hydrogen-bond acceptors (Lipinski definition) is 4. The Morgan fingerprint density at radius 3 is 2.62 bits per heavy atom. The lowest BCUT2D eigenvalue weighted by Crippen LogP contribution is -2.53. The summed E-state index contributed by atoms with van der Waals surface area (Å²) in [5.41, 5.74) is 8.43. The third-order valence-electron chi connectivity index (χ3n) is 5.46. The van der Waals surface area contributed by atoms with Gasteiger partial charge >= 0.3 is 0 Å². The Balaban J connectivity index is 1.78. The summed E-state index contributed by atoms with van der Waals surface area (Å²) >= 11 is 4.63. The second kappa shape index (κ2) is 10.8. The van der Waals surface area contributed by atoms with Gasteiger partial charge in [-0.25, -0.2) is 13.2 Å². The Bertz CT molecular complexity index is 982. The Morgan fingerprint density at radius 2 is 1.94 bits per heavy atom. The van der Waals surface area contributed by atoms with Crippen molar-refractivity contribution < 1.29 is 13.2 Å². The van der Waals surface area contributed by atoms with Crippen LogP contribution in [0.2, 0.25) is 0 Å². The monoisotopic (exact) mass is 463 g/mol. The molecule has 5 nitrogen and oxygen atoms in total. The smallest absolute Gasteiger partial charge is 0.184 e. The molecule has 1 heterocycles. The van der Waals surface area contributed by atoms with Crippen LogP contribution in [0.15, 0.2) is 41.5 Å². The van der Waals surface area contributed by atoms with Gasteiger partial charge in [-0.1, -0.05) is 32.0 Å². The lowest BCUT2D eigenvalue weighted by Gasteiger charge is -2.43. The molecule has 0 aromatic heterocycles. The molecule has 32 heavy (non-hydrogen) atoms. The van der Waals surface area contributed by atoms with E-state index in [4.69, 9.17) is 5.73 Å². The fourth-order valence-corrected chi connectivity index (χ4v) is 4.04. The molecule has 172 valence electrons. The average Bonchev–Trinajstić information content (AvgIpc) is 2.72. The second-order valence-electron chi connectivity index (χ2n) is 8.35. The molecule has 1 aliphatic heterocycles. The van der Waals surface area contributed by atoms with Crippen LogP contribution in [0.1, 0.15) is 31.4 Å². The maximum absolute atomic E-state index is 14.9. The van der Waals surface area contributed by atoms with Gasteiger partial charge in [-0.2, -0.15) is 5.10 Å². The molecule has 3 rings (SSSR count). The molecule has 3 N–H and O–H groups in total. The van der Waals surface area contributed by atoms with E-state index in [1.54, 1.807) is 12.1 Å². The highest BCUT2D eigenvalue weighted by molar-refractivity contribution is 7.80. The quantitative estimate of drug-likeness (QED) is 0.369. The van der Waals surface area contributed by atoms with E-state index in [1.165, 1.54) is 12.1 Å². The standard InChI is InChI=1S/C23H28F3N5S/c1-15(2)9-18-14-31(8-7-30(18)13-16-5-3-4-6-19(16)24)22-11-20(25)17(10-21(22)26)12-28-29-23(27)32/h3-6,10-12,15,18H,7-9,13-14H2,1-2H3,(H3,27,29,32)/b28-12+/t18-/m0/s1. The van der Waals surface area contributed by atoms with Crippen molar-refractivity contribution in [3.63, 3.8) is 0 Å². The Hall–Kier alpha value is -2.65. The number of benzene rings is 2. The Labute approximate surface area is 192 Å². The van der Waals surface area contributed by atoms with Crippen molar-refractivity contribution in [3.8, 4) is 0 Å². The highest BCUT2D eigenvalue weighted by Crippen LogP contribution is 2.28. The molecule has 1 saturated heterocycles. The zero-order chi connectivity index (χ0) is 23.3. The van der Waals surface area contributed by atoms with Crippen LogP contribution in [0.4, 0.5) is 18.9 Å². The third-order valence-corrected chi connectivity index (χ3v) is 5.56. The van der Waals surface area contributed by atoms with Crippen molar-refractivity contribution in [2.45, 2.75) is 32.9 Å². The number of anilines is 1. The number of halogens is 3. The molecule has 1 fully saturated rings. The molecule has 0 bridgehead atoms. The number of nitrogens with one attached hydrogen (secondary N) is 1. The molecular weight excluding hydrogens is 435 g/mol. The Kier molecular flexibility index (Phi) is 8.09. The van der Waals surface area contributed by atoms with Gasteiger partial charge in [-0.05, 0) is 36.7 Å². The summed E-state index contributed by atoms with van der Waals surface area (Å²) in [7, 11) is 0. The minimum Gasteiger partial charge on any atom is -0.375 e. The largest absolute Gasteiger partial charge is 0.375 e. The summed E-state index contributed by atoms with van der Waals surface area (Å²) in [6, 6.07) is 9.13. The molecule has 0 spiro atoms. The first-order valence-corrected chi connectivity index (χ1v) is 11.0. The summed E-state index contributed by atoms with van der Waals surface area (Å²) in [6.45, 7) is 6.38. The molecule has 0 radical (unpaired) electrons. The molecule has 1 atom stereocenters. The molecule has 2 aromatic rings. The topological polar surface area (TPSA) is 56.9 Å². The van der Waals surface area contributed by atoms with Gasteiger partial charge in [0.2, 0.25) is 0 Å². The first-order valence-electron chi connectivity index (χ1n) is 10.5. The zero-order valence-corrected chi connectivity index (χ0v) is 19.0. The molecule has 0 aliphatic carbocycles. The van der Waals surface area contributed by atoms with Gasteiger partial charge in [0.05, 0.1) is 11.9 Å². The van der Waals surface area contributed by atoms with E-state index < -0.39 is 11.6 Å². The van der Waals surface area contributed by atoms with Crippen molar-refractivity contribution >= 4 is 29.2 Å². The van der Waals surface area contributed by atoms with E-state index in [0.717, 1.165) is 18.7 Å². The van der Waals surface area contributed by atoms with Crippen LogP contribution in [0.3, 0.4) is 0 Å². The highest BCUT2D eigenvalue weighted by Gasteiger charge is 2.29. The maximum Gasteiger partial charge on any atom is 0.184 e. The second-order valence-corrected chi connectivity index (χ2v) is 8.79. The molecule has 0 unspecified atom stereocenters. The summed E-state index contributed by atoms with van der Waals surface area (Å²) < 4.78 is 43.7. The van der Waals surface area contributed by atoms with Crippen molar-refractivity contribution in [2.75, 3.05) is 24.5 Å². The number of hydrogen-bond donors (Lipinski definition) is 2. The molecule has 0 amide bonds. The lowest BCUT2D eigenvalue weighted by molar-refractivity contribution is 0.146. The van der Waals surface area contributed by atoms with Crippen LogP contribution in [-0.4, -0.2) is 41.9 Å². The van der Waals surface area contributed by atoms with E-state index in [2.05, 4.69) is 41.5 Å². The van der Waals surface area contributed by atoms with Gasteiger partial charge in [0.1, 0.15) is 17.5 Å². The van der Waals surface area contributed by atoms with Gasteiger partial charge in [-0.3, -0.25) is 10.3 Å². The summed E-state index contributed by atoms with van der Waals surface area (Å²) in [5, 5.41) is 3.62. The van der Waals surface area contributed by atoms with Crippen LogP contribution in [0.5, 0.6) is 0 Å². The number of rotatable bonds is 7. The van der Waals surface area contributed by atoms with E-state index in [9.17, 15) is 13.2 Å². The molecular formula is C23H28F3N5S. The van der Waals surface area contributed by atoms with Crippen molar-refractivity contribution in [1.82, 2.24) is 10.3 Å². The van der Waals surface area contributed by atoms with Crippen molar-refractivity contribution in [3.05, 3.63) is 65.0 Å². The molecule has 1 aliphatic rings. The fraction of sp³-hybridized carbons (Fsp3) is 0.391. The van der Waals surface area contributed by atoms with Crippen LogP contribution in [0, 0.1) is 23.4 Å². The van der Waals surface area contributed by atoms with E-state index in [-0.39, 0.29) is 28.2 Å². The number of hydrazone groups is 1. The normalized spacial score (nSPS) is 17.3. The van der Waals surface area contributed by atoms with Gasteiger partial charge in [-0.15, -0.1) is 0 Å². The summed E-state index contributed by atoms with van der Waals surface area (Å²) in [6.07, 6.45) is 2.00. The lowest BCUT2D eigenvalue weighted by atomic mass is 9.98.